The van der Waals surface area contributed by atoms with Crippen molar-refractivity contribution in [2.45, 2.75) is 63.8 Å². The Labute approximate surface area is 303 Å². The van der Waals surface area contributed by atoms with Crippen LogP contribution in [0.1, 0.15) is 84.0 Å². The number of H-pyrrole nitrogens is 1. The summed E-state index contributed by atoms with van der Waals surface area (Å²) >= 11 is 0. The smallest absolute Gasteiger partial charge is 0.310 e. The molecule has 1 fully saturated rings. The van der Waals surface area contributed by atoms with Gasteiger partial charge in [0.05, 0.1) is 35.3 Å². The highest BCUT2D eigenvalue weighted by Crippen LogP contribution is 2.38. The van der Waals surface area contributed by atoms with Gasteiger partial charge in [-0.05, 0) is 62.1 Å². The fourth-order valence-corrected chi connectivity index (χ4v) is 5.64. The summed E-state index contributed by atoms with van der Waals surface area (Å²) in [5.41, 5.74) is 0.494. The molecular weight excluding hydrogens is 721 g/mol. The second kappa shape index (κ2) is 14.5. The van der Waals surface area contributed by atoms with E-state index in [4.69, 9.17) is 0 Å². The molecule has 2 atom stereocenters. The molecule has 17 heteroatoms. The Hall–Kier alpha value is -5.87. The molecule has 0 aliphatic heterocycles. The van der Waals surface area contributed by atoms with Gasteiger partial charge in [-0.3, -0.25) is 18.8 Å². The monoisotopic (exact) mass is 754 g/mol. The minimum absolute atomic E-state index is 0.0835. The van der Waals surface area contributed by atoms with Crippen molar-refractivity contribution in [3.63, 3.8) is 0 Å². The van der Waals surface area contributed by atoms with Crippen molar-refractivity contribution >= 4 is 0 Å². The van der Waals surface area contributed by atoms with Crippen LogP contribution in [0.2, 0.25) is 0 Å². The normalized spacial score (nSPS) is 14.4. The Morgan fingerprint density at radius 1 is 0.815 bits per heavy atom. The Morgan fingerprint density at radius 2 is 1.48 bits per heavy atom. The number of alkyl halides is 6. The number of aromatic nitrogens is 8. The van der Waals surface area contributed by atoms with Gasteiger partial charge in [0.25, 0.3) is 11.1 Å². The number of aryl methyl sites for hydroxylation is 1. The quantitative estimate of drug-likeness (QED) is 0.167. The molecule has 2 unspecified atom stereocenters. The van der Waals surface area contributed by atoms with E-state index >= 15 is 0 Å². The predicted octanol–water partition coefficient (Wildman–Crippen LogP) is 7.72. The maximum Gasteiger partial charge on any atom is 0.416 e. The van der Waals surface area contributed by atoms with Crippen LogP contribution in [0.15, 0.2) is 89.0 Å². The molecule has 7 rings (SSSR count). The lowest BCUT2D eigenvalue weighted by Gasteiger charge is -2.15. The summed E-state index contributed by atoms with van der Waals surface area (Å²) in [5.74, 6) is 0.750. The van der Waals surface area contributed by atoms with Crippen molar-refractivity contribution in [1.82, 2.24) is 39.1 Å². The van der Waals surface area contributed by atoms with E-state index < -0.39 is 35.3 Å². The highest BCUT2D eigenvalue weighted by Gasteiger charge is 2.32. The van der Waals surface area contributed by atoms with Gasteiger partial charge in [0.15, 0.2) is 5.82 Å². The molecule has 0 amide bonds. The standard InChI is InChI=1S/C19H16F4N4O.C18H17F3N4O/c1-10(14-5-4-13(6-15(14)20)19(21,22)23)27-9-12(8-24-27)16-7-17(28)26-18(25-16)11-2-3-11;1-11(13-4-6-15(7-5-13)18(19,20)21)14-9-22-25(10-14)16-8-17(26)24(3)12(2)23-16/h4-11H,2-3H2,1H3,(H,25,26,28);4-11H,1-3H3. The van der Waals surface area contributed by atoms with E-state index in [9.17, 15) is 40.3 Å². The number of aromatic amines is 1. The van der Waals surface area contributed by atoms with Gasteiger partial charge in [-0.15, -0.1) is 0 Å². The second-order valence-electron chi connectivity index (χ2n) is 13.0. The maximum absolute atomic E-state index is 14.2. The third-order valence-electron chi connectivity index (χ3n) is 9.22. The maximum atomic E-state index is 14.2. The van der Waals surface area contributed by atoms with Crippen molar-refractivity contribution in [1.29, 1.82) is 0 Å². The Bertz CT molecular complexity index is 2410. The average Bonchev–Trinajstić information content (AvgIpc) is 3.64. The van der Waals surface area contributed by atoms with Crippen molar-refractivity contribution in [2.24, 2.45) is 7.05 Å². The third kappa shape index (κ3) is 8.34. The SMILES string of the molecule is CC(c1ccc(C(F)(F)F)cc1F)n1cc(-c2cc(=O)[nH]c(C3CC3)n2)cn1.Cc1nc(-n2cc(C(C)c3ccc(C(F)(F)F)cc3)cn2)cc(=O)n1C. The lowest BCUT2D eigenvalue weighted by Crippen LogP contribution is -2.21. The molecule has 1 aliphatic rings. The molecule has 4 aromatic heterocycles. The Balaban J connectivity index is 0.000000185. The van der Waals surface area contributed by atoms with Crippen LogP contribution in [0.5, 0.6) is 0 Å². The highest BCUT2D eigenvalue weighted by atomic mass is 19.4. The molecule has 10 nitrogen and oxygen atoms in total. The largest absolute Gasteiger partial charge is 0.416 e. The third-order valence-corrected chi connectivity index (χ3v) is 9.22. The van der Waals surface area contributed by atoms with Crippen LogP contribution in [0, 0.1) is 12.7 Å². The van der Waals surface area contributed by atoms with Crippen molar-refractivity contribution < 1.29 is 30.7 Å². The number of benzene rings is 2. The van der Waals surface area contributed by atoms with Gasteiger partial charge in [-0.1, -0.05) is 25.1 Å². The fourth-order valence-electron chi connectivity index (χ4n) is 5.64. The summed E-state index contributed by atoms with van der Waals surface area (Å²) in [6.45, 7) is 5.23. The Kier molecular flexibility index (Phi) is 10.2. The van der Waals surface area contributed by atoms with Gasteiger partial charge >= 0.3 is 12.4 Å². The number of nitrogens with one attached hydrogen (secondary N) is 1. The number of nitrogens with zero attached hydrogens (tertiary/aromatic N) is 7. The zero-order chi connectivity index (χ0) is 39.1. The van der Waals surface area contributed by atoms with Gasteiger partial charge in [0.1, 0.15) is 17.5 Å². The molecule has 2 aromatic carbocycles. The number of rotatable bonds is 7. The lowest BCUT2D eigenvalue weighted by molar-refractivity contribution is -0.138. The van der Waals surface area contributed by atoms with E-state index in [1.54, 1.807) is 39.5 Å². The molecule has 54 heavy (non-hydrogen) atoms. The van der Waals surface area contributed by atoms with Crippen molar-refractivity contribution in [3.8, 4) is 17.1 Å². The zero-order valence-corrected chi connectivity index (χ0v) is 29.2. The summed E-state index contributed by atoms with van der Waals surface area (Å²) < 4.78 is 94.8. The van der Waals surface area contributed by atoms with Crippen LogP contribution in [0.25, 0.3) is 17.1 Å². The molecule has 1 saturated carbocycles. The first-order chi connectivity index (χ1) is 25.4. The second-order valence-corrected chi connectivity index (χ2v) is 13.0. The molecule has 1 N–H and O–H groups in total. The summed E-state index contributed by atoms with van der Waals surface area (Å²) in [4.78, 5) is 35.3. The van der Waals surface area contributed by atoms with Crippen LogP contribution in [0.4, 0.5) is 30.7 Å². The van der Waals surface area contributed by atoms with Crippen molar-refractivity contribution in [3.05, 3.63) is 145 Å². The Morgan fingerprint density at radius 3 is 2.09 bits per heavy atom. The van der Waals surface area contributed by atoms with Crippen LogP contribution in [-0.2, 0) is 19.4 Å². The molecular formula is C37H33F7N8O2. The molecule has 0 radical (unpaired) electrons. The summed E-state index contributed by atoms with van der Waals surface area (Å²) in [6.07, 6.45) is -0.550. The minimum Gasteiger partial charge on any atom is -0.310 e. The van der Waals surface area contributed by atoms with E-state index in [0.29, 0.717) is 34.8 Å². The fraction of sp³-hybridized carbons (Fsp3) is 0.297. The van der Waals surface area contributed by atoms with E-state index in [-0.39, 0.29) is 28.5 Å². The van der Waals surface area contributed by atoms with E-state index in [0.717, 1.165) is 48.2 Å². The molecule has 282 valence electrons. The molecule has 1 aliphatic carbocycles. The van der Waals surface area contributed by atoms with E-state index in [1.165, 1.54) is 44.4 Å². The number of hydrogen-bond donors (Lipinski definition) is 1. The topological polar surface area (TPSA) is 116 Å². The zero-order valence-electron chi connectivity index (χ0n) is 29.2. The molecule has 0 spiro atoms. The number of halogens is 7. The summed E-state index contributed by atoms with van der Waals surface area (Å²) in [7, 11) is 1.63. The lowest BCUT2D eigenvalue weighted by atomic mass is 9.95. The van der Waals surface area contributed by atoms with Crippen molar-refractivity contribution in [2.75, 3.05) is 0 Å². The van der Waals surface area contributed by atoms with Gasteiger partial charge in [0, 0.05) is 54.5 Å². The predicted molar refractivity (Wildman–Crippen MR) is 184 cm³/mol. The van der Waals surface area contributed by atoms with Gasteiger partial charge < -0.3 is 4.98 Å². The summed E-state index contributed by atoms with van der Waals surface area (Å²) in [5, 5.41) is 8.40. The van der Waals surface area contributed by atoms with Crippen LogP contribution in [0.3, 0.4) is 0 Å². The number of hydrogen-bond acceptors (Lipinski definition) is 6. The van der Waals surface area contributed by atoms with Gasteiger partial charge in [-0.2, -0.15) is 36.5 Å². The first-order valence-corrected chi connectivity index (χ1v) is 16.7. The molecule has 6 aromatic rings. The van der Waals surface area contributed by atoms with E-state index in [1.807, 2.05) is 6.92 Å². The minimum atomic E-state index is -4.60. The highest BCUT2D eigenvalue weighted by molar-refractivity contribution is 5.56. The average molecular weight is 755 g/mol. The van der Waals surface area contributed by atoms with Crippen LogP contribution in [-0.4, -0.2) is 39.1 Å². The molecule has 0 bridgehead atoms. The first kappa shape index (κ1) is 37.9. The molecule has 0 saturated heterocycles. The van der Waals surface area contributed by atoms with E-state index in [2.05, 4.69) is 25.1 Å². The van der Waals surface area contributed by atoms with Crippen LogP contribution >= 0.6 is 0 Å². The van der Waals surface area contributed by atoms with Gasteiger partial charge in [-0.25, -0.2) is 19.0 Å². The summed E-state index contributed by atoms with van der Waals surface area (Å²) in [6, 6.07) is 9.61. The molecule has 4 heterocycles. The first-order valence-electron chi connectivity index (χ1n) is 16.7. The van der Waals surface area contributed by atoms with Gasteiger partial charge in [0.2, 0.25) is 0 Å². The van der Waals surface area contributed by atoms with Crippen LogP contribution < -0.4 is 11.1 Å².